The van der Waals surface area contributed by atoms with E-state index >= 15 is 0 Å². The highest BCUT2D eigenvalue weighted by atomic mass is 16.3. The zero-order valence-electron chi connectivity index (χ0n) is 7.36. The van der Waals surface area contributed by atoms with Crippen LogP contribution in [-0.2, 0) is 4.79 Å². The molecule has 1 heterocycles. The lowest BCUT2D eigenvalue weighted by molar-refractivity contribution is -0.119. The topological polar surface area (TPSA) is 66.6 Å². The Labute approximate surface area is 72.3 Å². The predicted molar refractivity (Wildman–Crippen MR) is 45.4 cm³/mol. The molecule has 3 N–H and O–H groups in total. The van der Waals surface area contributed by atoms with Crippen molar-refractivity contribution in [3.63, 3.8) is 0 Å². The highest BCUT2D eigenvalue weighted by Gasteiger charge is 2.29. The molecule has 0 aromatic rings. The summed E-state index contributed by atoms with van der Waals surface area (Å²) in [6.07, 6.45) is 0.962. The lowest BCUT2D eigenvalue weighted by Gasteiger charge is -2.20. The van der Waals surface area contributed by atoms with Crippen molar-refractivity contribution in [2.24, 2.45) is 11.7 Å². The molecule has 4 heteroatoms. The molecule has 2 unspecified atom stereocenters. The van der Waals surface area contributed by atoms with E-state index in [9.17, 15) is 4.79 Å². The third-order valence-corrected chi connectivity index (χ3v) is 2.31. The second-order valence-corrected chi connectivity index (χ2v) is 3.57. The van der Waals surface area contributed by atoms with Gasteiger partial charge in [-0.25, -0.2) is 0 Å². The molecule has 2 atom stereocenters. The number of primary amides is 1. The SMILES string of the molecule is CC1CC(CO)N(CC(N)=O)C1. The summed E-state index contributed by atoms with van der Waals surface area (Å²) in [4.78, 5) is 12.6. The molecule has 0 aromatic heterocycles. The number of carbonyl (C=O) groups is 1. The van der Waals surface area contributed by atoms with Crippen molar-refractivity contribution in [1.82, 2.24) is 4.90 Å². The summed E-state index contributed by atoms with van der Waals surface area (Å²) in [6, 6.07) is 0.132. The fourth-order valence-electron chi connectivity index (χ4n) is 1.82. The molecule has 0 saturated carbocycles. The first kappa shape index (κ1) is 9.48. The first-order chi connectivity index (χ1) is 5.63. The summed E-state index contributed by atoms with van der Waals surface area (Å²) in [5.74, 6) is 0.240. The van der Waals surface area contributed by atoms with Crippen molar-refractivity contribution in [1.29, 1.82) is 0 Å². The molecule has 1 amide bonds. The minimum absolute atomic E-state index is 0.123. The molecule has 12 heavy (non-hydrogen) atoms. The quantitative estimate of drug-likeness (QED) is 0.584. The summed E-state index contributed by atoms with van der Waals surface area (Å²) in [6.45, 7) is 3.38. The van der Waals surface area contributed by atoms with Crippen LogP contribution >= 0.6 is 0 Å². The van der Waals surface area contributed by atoms with Gasteiger partial charge in [0, 0.05) is 12.6 Å². The Morgan fingerprint density at radius 1 is 1.75 bits per heavy atom. The minimum atomic E-state index is -0.317. The van der Waals surface area contributed by atoms with E-state index in [-0.39, 0.29) is 25.1 Å². The number of carbonyl (C=O) groups excluding carboxylic acids is 1. The fraction of sp³-hybridized carbons (Fsp3) is 0.875. The number of hydrogen-bond donors (Lipinski definition) is 2. The molecule has 1 saturated heterocycles. The smallest absolute Gasteiger partial charge is 0.231 e. The minimum Gasteiger partial charge on any atom is -0.395 e. The fourth-order valence-corrected chi connectivity index (χ4v) is 1.82. The van der Waals surface area contributed by atoms with Crippen LogP contribution in [0.15, 0.2) is 0 Å². The van der Waals surface area contributed by atoms with Gasteiger partial charge in [0.05, 0.1) is 13.2 Å². The molecule has 0 aliphatic carbocycles. The first-order valence-corrected chi connectivity index (χ1v) is 4.26. The molecule has 4 nitrogen and oxygen atoms in total. The average molecular weight is 172 g/mol. The van der Waals surface area contributed by atoms with Gasteiger partial charge in [-0.05, 0) is 12.3 Å². The Bertz CT molecular complexity index is 172. The van der Waals surface area contributed by atoms with Crippen molar-refractivity contribution in [3.05, 3.63) is 0 Å². The third kappa shape index (κ3) is 2.19. The van der Waals surface area contributed by atoms with E-state index in [2.05, 4.69) is 6.92 Å². The number of nitrogens with zero attached hydrogens (tertiary/aromatic N) is 1. The summed E-state index contributed by atoms with van der Waals surface area (Å²) in [5, 5.41) is 8.97. The summed E-state index contributed by atoms with van der Waals surface area (Å²) in [5.41, 5.74) is 5.07. The normalized spacial score (nSPS) is 30.8. The van der Waals surface area contributed by atoms with Gasteiger partial charge in [-0.3, -0.25) is 9.69 Å². The monoisotopic (exact) mass is 172 g/mol. The Balaban J connectivity index is 2.46. The molecule has 1 aliphatic rings. The first-order valence-electron chi connectivity index (χ1n) is 4.26. The van der Waals surface area contributed by atoms with E-state index in [4.69, 9.17) is 10.8 Å². The maximum Gasteiger partial charge on any atom is 0.231 e. The van der Waals surface area contributed by atoms with Crippen LogP contribution in [0, 0.1) is 5.92 Å². The van der Waals surface area contributed by atoms with Crippen LogP contribution in [0.4, 0.5) is 0 Å². The number of amides is 1. The van der Waals surface area contributed by atoms with E-state index in [0.29, 0.717) is 5.92 Å². The second kappa shape index (κ2) is 3.87. The van der Waals surface area contributed by atoms with Crippen molar-refractivity contribution >= 4 is 5.91 Å². The van der Waals surface area contributed by atoms with Crippen LogP contribution in [0.1, 0.15) is 13.3 Å². The number of rotatable bonds is 3. The van der Waals surface area contributed by atoms with Crippen molar-refractivity contribution < 1.29 is 9.90 Å². The molecular weight excluding hydrogens is 156 g/mol. The van der Waals surface area contributed by atoms with Crippen LogP contribution < -0.4 is 5.73 Å². The Kier molecular flexibility index (Phi) is 3.05. The number of aliphatic hydroxyl groups is 1. The van der Waals surface area contributed by atoms with Gasteiger partial charge >= 0.3 is 0 Å². The zero-order chi connectivity index (χ0) is 9.14. The molecule has 0 radical (unpaired) electrons. The van der Waals surface area contributed by atoms with Gasteiger partial charge in [0.2, 0.25) is 5.91 Å². The Morgan fingerprint density at radius 2 is 2.42 bits per heavy atom. The van der Waals surface area contributed by atoms with Gasteiger partial charge in [0.1, 0.15) is 0 Å². The standard InChI is InChI=1S/C8H16N2O2/c1-6-2-7(5-11)10(3-6)4-8(9)12/h6-7,11H,2-5H2,1H3,(H2,9,12). The molecular formula is C8H16N2O2. The third-order valence-electron chi connectivity index (χ3n) is 2.31. The molecule has 1 aliphatic heterocycles. The molecule has 1 rings (SSSR count). The molecule has 0 aromatic carbocycles. The highest BCUT2D eigenvalue weighted by molar-refractivity contribution is 5.76. The maximum atomic E-state index is 10.6. The van der Waals surface area contributed by atoms with E-state index in [1.54, 1.807) is 0 Å². The Morgan fingerprint density at radius 3 is 2.92 bits per heavy atom. The van der Waals surface area contributed by atoms with E-state index < -0.39 is 0 Å². The summed E-state index contributed by atoms with van der Waals surface area (Å²) >= 11 is 0. The van der Waals surface area contributed by atoms with Gasteiger partial charge in [0.25, 0.3) is 0 Å². The molecule has 0 bridgehead atoms. The predicted octanol–water partition coefficient (Wildman–Crippen LogP) is -0.826. The lowest BCUT2D eigenvalue weighted by atomic mass is 10.1. The number of aliphatic hydroxyl groups excluding tert-OH is 1. The van der Waals surface area contributed by atoms with Crippen LogP contribution in [0.3, 0.4) is 0 Å². The van der Waals surface area contributed by atoms with Crippen molar-refractivity contribution in [2.45, 2.75) is 19.4 Å². The molecule has 70 valence electrons. The van der Waals surface area contributed by atoms with E-state index in [1.807, 2.05) is 4.90 Å². The maximum absolute atomic E-state index is 10.6. The van der Waals surface area contributed by atoms with Crippen LogP contribution in [0.25, 0.3) is 0 Å². The van der Waals surface area contributed by atoms with Crippen LogP contribution in [0.2, 0.25) is 0 Å². The van der Waals surface area contributed by atoms with E-state index in [0.717, 1.165) is 13.0 Å². The van der Waals surface area contributed by atoms with Gasteiger partial charge in [-0.2, -0.15) is 0 Å². The van der Waals surface area contributed by atoms with E-state index in [1.165, 1.54) is 0 Å². The lowest BCUT2D eigenvalue weighted by Crippen LogP contribution is -2.39. The van der Waals surface area contributed by atoms with Gasteiger partial charge in [-0.1, -0.05) is 6.92 Å². The molecule has 1 fully saturated rings. The largest absolute Gasteiger partial charge is 0.395 e. The van der Waals surface area contributed by atoms with Crippen molar-refractivity contribution in [2.75, 3.05) is 19.7 Å². The van der Waals surface area contributed by atoms with Gasteiger partial charge in [0.15, 0.2) is 0 Å². The summed E-state index contributed by atoms with van der Waals surface area (Å²) < 4.78 is 0. The van der Waals surface area contributed by atoms with Gasteiger partial charge < -0.3 is 10.8 Å². The highest BCUT2D eigenvalue weighted by Crippen LogP contribution is 2.21. The Hall–Kier alpha value is -0.610. The zero-order valence-corrected chi connectivity index (χ0v) is 7.36. The number of nitrogens with two attached hydrogens (primary N) is 1. The van der Waals surface area contributed by atoms with Crippen LogP contribution in [0.5, 0.6) is 0 Å². The summed E-state index contributed by atoms with van der Waals surface area (Å²) in [7, 11) is 0. The van der Waals surface area contributed by atoms with Gasteiger partial charge in [-0.15, -0.1) is 0 Å². The van der Waals surface area contributed by atoms with Crippen molar-refractivity contribution in [3.8, 4) is 0 Å². The average Bonchev–Trinajstić information content (AvgIpc) is 2.29. The second-order valence-electron chi connectivity index (χ2n) is 3.57. The van der Waals surface area contributed by atoms with Crippen LogP contribution in [-0.4, -0.2) is 41.7 Å². The number of hydrogen-bond acceptors (Lipinski definition) is 3. The number of likely N-dealkylation sites (tertiary alicyclic amines) is 1. The molecule has 0 spiro atoms.